The lowest BCUT2D eigenvalue weighted by Crippen LogP contribution is -2.38. The normalized spacial score (nSPS) is 15.1. The van der Waals surface area contributed by atoms with Crippen LogP contribution in [0.1, 0.15) is 29.6 Å². The lowest BCUT2D eigenvalue weighted by Gasteiger charge is -2.19. The van der Waals surface area contributed by atoms with E-state index in [1.807, 2.05) is 0 Å². The van der Waals surface area contributed by atoms with Crippen LogP contribution in [0.3, 0.4) is 0 Å². The second-order valence-electron chi connectivity index (χ2n) is 5.23. The maximum absolute atomic E-state index is 12.5. The second-order valence-corrected chi connectivity index (χ2v) is 5.64. The number of benzene rings is 1. The maximum Gasteiger partial charge on any atom is 0.391 e. The molecule has 1 atom stereocenters. The van der Waals surface area contributed by atoms with Gasteiger partial charge >= 0.3 is 6.18 Å². The zero-order valence-electron chi connectivity index (χ0n) is 12.6. The highest BCUT2D eigenvalue weighted by molar-refractivity contribution is 6.32. The van der Waals surface area contributed by atoms with Crippen LogP contribution in [0, 0.1) is 12.3 Å². The molecule has 1 N–H and O–H groups in total. The van der Waals surface area contributed by atoms with Gasteiger partial charge in [0.2, 0.25) is 0 Å². The van der Waals surface area contributed by atoms with Gasteiger partial charge in [0.1, 0.15) is 0 Å². The Labute approximate surface area is 142 Å². The first kappa shape index (κ1) is 18.3. The second kappa shape index (κ2) is 7.67. The van der Waals surface area contributed by atoms with Crippen LogP contribution in [0.5, 0.6) is 11.5 Å². The number of ether oxygens (including phenoxy) is 2. The number of rotatable bonds is 4. The van der Waals surface area contributed by atoms with E-state index in [1.54, 1.807) is 0 Å². The summed E-state index contributed by atoms with van der Waals surface area (Å²) in [5.41, 5.74) is 0.0773. The molecule has 1 aromatic rings. The van der Waals surface area contributed by atoms with Crippen molar-refractivity contribution in [1.82, 2.24) is 5.32 Å². The van der Waals surface area contributed by atoms with E-state index in [0.717, 1.165) is 0 Å². The number of nitrogens with one attached hydrogen (secondary N) is 1. The number of fused-ring (bicyclic) bond motifs is 1. The van der Waals surface area contributed by atoms with E-state index in [9.17, 15) is 18.0 Å². The van der Waals surface area contributed by atoms with E-state index in [2.05, 4.69) is 11.2 Å². The average Bonchev–Trinajstić information content (AvgIpc) is 2.71. The molecule has 24 heavy (non-hydrogen) atoms. The minimum Gasteiger partial charge on any atom is -0.489 e. The number of terminal acetylenes is 1. The molecular formula is C16H15ClF3NO3. The summed E-state index contributed by atoms with van der Waals surface area (Å²) in [6, 6.07) is 1.50. The van der Waals surface area contributed by atoms with Crippen LogP contribution in [-0.2, 0) is 0 Å². The molecule has 0 aliphatic carbocycles. The molecule has 1 heterocycles. The summed E-state index contributed by atoms with van der Waals surface area (Å²) in [6.45, 7) is 0.816. The van der Waals surface area contributed by atoms with Crippen molar-refractivity contribution in [2.45, 2.75) is 31.5 Å². The number of alkyl halides is 3. The number of carbonyl (C=O) groups is 1. The van der Waals surface area contributed by atoms with Crippen LogP contribution in [0.15, 0.2) is 12.1 Å². The molecule has 8 heteroatoms. The number of hydrogen-bond acceptors (Lipinski definition) is 3. The molecule has 0 fully saturated rings. The van der Waals surface area contributed by atoms with E-state index < -0.39 is 24.5 Å². The SMILES string of the molecule is C#CC[C@@H](CC(F)(F)F)NC(=O)c1cc(Cl)c2c(c1)OCCCO2. The van der Waals surface area contributed by atoms with Crippen LogP contribution in [-0.4, -0.2) is 31.3 Å². The lowest BCUT2D eigenvalue weighted by molar-refractivity contribution is -0.139. The van der Waals surface area contributed by atoms with Crippen molar-refractivity contribution in [1.29, 1.82) is 0 Å². The van der Waals surface area contributed by atoms with Crippen LogP contribution in [0.25, 0.3) is 0 Å². The molecule has 0 saturated heterocycles. The van der Waals surface area contributed by atoms with Crippen molar-refractivity contribution in [3.8, 4) is 23.8 Å². The molecule has 0 aromatic heterocycles. The van der Waals surface area contributed by atoms with Gasteiger partial charge < -0.3 is 14.8 Å². The van der Waals surface area contributed by atoms with Crippen molar-refractivity contribution < 1.29 is 27.4 Å². The van der Waals surface area contributed by atoms with Gasteiger partial charge in [-0.15, -0.1) is 12.3 Å². The van der Waals surface area contributed by atoms with E-state index in [0.29, 0.717) is 25.4 Å². The fourth-order valence-corrected chi connectivity index (χ4v) is 2.49. The van der Waals surface area contributed by atoms with Gasteiger partial charge in [-0.2, -0.15) is 13.2 Å². The van der Waals surface area contributed by atoms with E-state index in [1.165, 1.54) is 12.1 Å². The summed E-state index contributed by atoms with van der Waals surface area (Å²) in [7, 11) is 0. The van der Waals surface area contributed by atoms with Gasteiger partial charge in [0, 0.05) is 24.4 Å². The zero-order valence-corrected chi connectivity index (χ0v) is 13.3. The summed E-state index contributed by atoms with van der Waals surface area (Å²) < 4.78 is 48.5. The lowest BCUT2D eigenvalue weighted by atomic mass is 10.1. The Morgan fingerprint density at radius 3 is 2.75 bits per heavy atom. The van der Waals surface area contributed by atoms with Crippen LogP contribution >= 0.6 is 11.6 Å². The molecular weight excluding hydrogens is 347 g/mol. The first-order valence-electron chi connectivity index (χ1n) is 7.20. The Bertz CT molecular complexity index is 655. The maximum atomic E-state index is 12.5. The van der Waals surface area contributed by atoms with Gasteiger partial charge in [0.15, 0.2) is 11.5 Å². The Morgan fingerprint density at radius 2 is 2.08 bits per heavy atom. The highest BCUT2D eigenvalue weighted by Crippen LogP contribution is 2.38. The fourth-order valence-electron chi connectivity index (χ4n) is 2.23. The standard InChI is InChI=1S/C16H15ClF3NO3/c1-2-4-11(9-16(18,19)20)21-15(22)10-7-12(17)14-13(8-10)23-5-3-6-24-14/h1,7-8,11H,3-6,9H2,(H,21,22)/t11-/m0/s1. The van der Waals surface area contributed by atoms with E-state index in [4.69, 9.17) is 27.5 Å². The first-order chi connectivity index (χ1) is 11.3. The molecule has 1 aliphatic rings. The van der Waals surface area contributed by atoms with Gasteiger partial charge in [-0.25, -0.2) is 0 Å². The van der Waals surface area contributed by atoms with Gasteiger partial charge in [-0.3, -0.25) is 4.79 Å². The monoisotopic (exact) mass is 361 g/mol. The average molecular weight is 362 g/mol. The molecule has 0 radical (unpaired) electrons. The molecule has 0 spiro atoms. The third-order valence-electron chi connectivity index (χ3n) is 3.24. The van der Waals surface area contributed by atoms with Crippen LogP contribution < -0.4 is 14.8 Å². The Balaban J connectivity index is 2.18. The molecule has 0 saturated carbocycles. The van der Waals surface area contributed by atoms with Gasteiger partial charge in [0.25, 0.3) is 5.91 Å². The van der Waals surface area contributed by atoms with Crippen molar-refractivity contribution in [2.75, 3.05) is 13.2 Å². The molecule has 2 rings (SSSR count). The van der Waals surface area contributed by atoms with Crippen molar-refractivity contribution in [3.05, 3.63) is 22.7 Å². The van der Waals surface area contributed by atoms with Crippen molar-refractivity contribution >= 4 is 17.5 Å². The zero-order chi connectivity index (χ0) is 17.7. The van der Waals surface area contributed by atoms with Crippen LogP contribution in [0.2, 0.25) is 5.02 Å². The Morgan fingerprint density at radius 1 is 1.38 bits per heavy atom. The van der Waals surface area contributed by atoms with Gasteiger partial charge in [0.05, 0.1) is 24.7 Å². The summed E-state index contributed by atoms with van der Waals surface area (Å²) in [5.74, 6) is 2.03. The Kier molecular flexibility index (Phi) is 5.84. The highest BCUT2D eigenvalue weighted by Gasteiger charge is 2.32. The number of carbonyl (C=O) groups excluding carboxylic acids is 1. The topological polar surface area (TPSA) is 47.6 Å². The number of amides is 1. The highest BCUT2D eigenvalue weighted by atomic mass is 35.5. The van der Waals surface area contributed by atoms with Gasteiger partial charge in [-0.1, -0.05) is 11.6 Å². The minimum absolute atomic E-state index is 0.0773. The molecule has 130 valence electrons. The minimum atomic E-state index is -4.43. The predicted molar refractivity (Wildman–Crippen MR) is 82.4 cm³/mol. The largest absolute Gasteiger partial charge is 0.489 e. The third-order valence-corrected chi connectivity index (χ3v) is 3.52. The van der Waals surface area contributed by atoms with E-state index in [-0.39, 0.29) is 22.8 Å². The smallest absolute Gasteiger partial charge is 0.391 e. The van der Waals surface area contributed by atoms with E-state index >= 15 is 0 Å². The summed E-state index contributed by atoms with van der Waals surface area (Å²) >= 11 is 6.07. The summed E-state index contributed by atoms with van der Waals surface area (Å²) in [4.78, 5) is 12.2. The van der Waals surface area contributed by atoms with Gasteiger partial charge in [-0.05, 0) is 12.1 Å². The quantitative estimate of drug-likeness (QED) is 0.834. The molecule has 4 nitrogen and oxygen atoms in total. The number of halogens is 4. The summed E-state index contributed by atoms with van der Waals surface area (Å²) in [6.07, 6.45) is -0.149. The van der Waals surface area contributed by atoms with Crippen LogP contribution in [0.4, 0.5) is 13.2 Å². The molecule has 1 aromatic carbocycles. The third kappa shape index (κ3) is 4.96. The first-order valence-corrected chi connectivity index (χ1v) is 7.58. The molecule has 0 bridgehead atoms. The van der Waals surface area contributed by atoms with Crippen molar-refractivity contribution in [3.63, 3.8) is 0 Å². The molecule has 1 aliphatic heterocycles. The fraction of sp³-hybridized carbons (Fsp3) is 0.438. The van der Waals surface area contributed by atoms with Crippen molar-refractivity contribution in [2.24, 2.45) is 0 Å². The number of hydrogen-bond donors (Lipinski definition) is 1. The molecule has 0 unspecified atom stereocenters. The molecule has 1 amide bonds. The summed E-state index contributed by atoms with van der Waals surface area (Å²) in [5, 5.41) is 2.44. The predicted octanol–water partition coefficient (Wildman–Crippen LogP) is 3.58. The Hall–Kier alpha value is -2.07.